The summed E-state index contributed by atoms with van der Waals surface area (Å²) in [6.07, 6.45) is 2.11. The fourth-order valence-corrected chi connectivity index (χ4v) is 1.91. The van der Waals surface area contributed by atoms with Crippen LogP contribution in [0.4, 0.5) is 0 Å². The van der Waals surface area contributed by atoms with Crippen LogP contribution in [0.15, 0.2) is 41.5 Å². The number of hydrogen-bond donors (Lipinski definition) is 1. The van der Waals surface area contributed by atoms with E-state index in [1.807, 2.05) is 19.9 Å². The number of benzene rings is 1. The summed E-state index contributed by atoms with van der Waals surface area (Å²) in [6.45, 7) is 3.81. The average Bonchev–Trinajstić information content (AvgIpc) is 2.36. The van der Waals surface area contributed by atoms with Gasteiger partial charge in [-0.15, -0.1) is 0 Å². The molecule has 1 aliphatic carbocycles. The SMILES string of the molecule is CC(C)=CCC1=C(O)c2ccccc2C(=O)C1=O.[Na+]. The van der Waals surface area contributed by atoms with Gasteiger partial charge in [-0.05, 0) is 20.3 Å². The molecule has 0 amide bonds. The third-order valence-corrected chi connectivity index (χ3v) is 2.91. The molecule has 2 rings (SSSR count). The van der Waals surface area contributed by atoms with Crippen molar-refractivity contribution in [2.45, 2.75) is 20.3 Å². The molecule has 0 bridgehead atoms. The second-order valence-electron chi connectivity index (χ2n) is 4.52. The normalized spacial score (nSPS) is 13.8. The molecule has 0 radical (unpaired) electrons. The van der Waals surface area contributed by atoms with Crippen LogP contribution in [0, 0.1) is 0 Å². The van der Waals surface area contributed by atoms with E-state index in [1.54, 1.807) is 24.3 Å². The largest absolute Gasteiger partial charge is 1.00 e. The molecular weight excluding hydrogens is 251 g/mol. The molecule has 0 unspecified atom stereocenters. The zero-order valence-electron chi connectivity index (χ0n) is 11.4. The van der Waals surface area contributed by atoms with E-state index < -0.39 is 11.6 Å². The number of carbonyl (C=O) groups is 2. The van der Waals surface area contributed by atoms with Crippen LogP contribution in [-0.2, 0) is 4.79 Å². The van der Waals surface area contributed by atoms with Crippen LogP contribution < -0.4 is 29.6 Å². The molecule has 1 aromatic rings. The summed E-state index contributed by atoms with van der Waals surface area (Å²) < 4.78 is 0. The first-order valence-electron chi connectivity index (χ1n) is 5.76. The monoisotopic (exact) mass is 265 g/mol. The van der Waals surface area contributed by atoms with Gasteiger partial charge in [0.1, 0.15) is 5.76 Å². The summed E-state index contributed by atoms with van der Waals surface area (Å²) in [6, 6.07) is 6.62. The number of hydrogen-bond acceptors (Lipinski definition) is 3. The minimum Gasteiger partial charge on any atom is -0.507 e. The van der Waals surface area contributed by atoms with Crippen molar-refractivity contribution >= 4 is 17.3 Å². The maximum absolute atomic E-state index is 11.9. The Kier molecular flexibility index (Phi) is 5.29. The van der Waals surface area contributed by atoms with Crippen molar-refractivity contribution in [1.82, 2.24) is 0 Å². The summed E-state index contributed by atoms with van der Waals surface area (Å²) in [7, 11) is 0. The first-order valence-corrected chi connectivity index (χ1v) is 5.76. The Balaban J connectivity index is 0.00000180. The van der Waals surface area contributed by atoms with Gasteiger partial charge in [-0.3, -0.25) is 9.59 Å². The van der Waals surface area contributed by atoms with Gasteiger partial charge in [0.2, 0.25) is 11.6 Å². The van der Waals surface area contributed by atoms with Gasteiger partial charge in [0.15, 0.2) is 0 Å². The van der Waals surface area contributed by atoms with Crippen LogP contribution in [0.25, 0.3) is 5.76 Å². The quantitative estimate of drug-likeness (QED) is 0.468. The average molecular weight is 265 g/mol. The van der Waals surface area contributed by atoms with Crippen LogP contribution in [0.1, 0.15) is 36.2 Å². The summed E-state index contributed by atoms with van der Waals surface area (Å²) in [5.41, 5.74) is 1.94. The molecule has 0 fully saturated rings. The Labute approximate surface area is 134 Å². The van der Waals surface area contributed by atoms with Crippen molar-refractivity contribution in [2.75, 3.05) is 0 Å². The molecule has 0 spiro atoms. The van der Waals surface area contributed by atoms with E-state index in [0.29, 0.717) is 5.56 Å². The first-order chi connectivity index (χ1) is 8.52. The molecule has 0 heterocycles. The number of aliphatic hydroxyl groups is 1. The van der Waals surface area contributed by atoms with Crippen LogP contribution in [-0.4, -0.2) is 16.7 Å². The predicted molar refractivity (Wildman–Crippen MR) is 69.4 cm³/mol. The second kappa shape index (κ2) is 6.33. The van der Waals surface area contributed by atoms with Crippen LogP contribution in [0.3, 0.4) is 0 Å². The zero-order valence-corrected chi connectivity index (χ0v) is 13.4. The number of aliphatic hydroxyl groups excluding tert-OH is 1. The molecule has 1 aliphatic rings. The molecule has 92 valence electrons. The van der Waals surface area contributed by atoms with Gasteiger partial charge in [-0.25, -0.2) is 0 Å². The van der Waals surface area contributed by atoms with E-state index in [0.717, 1.165) is 5.57 Å². The van der Waals surface area contributed by atoms with Gasteiger partial charge in [0.25, 0.3) is 0 Å². The number of rotatable bonds is 2. The van der Waals surface area contributed by atoms with Crippen molar-refractivity contribution in [3.8, 4) is 0 Å². The van der Waals surface area contributed by atoms with Crippen molar-refractivity contribution in [2.24, 2.45) is 0 Å². The Bertz CT molecular complexity index is 593. The van der Waals surface area contributed by atoms with E-state index in [4.69, 9.17) is 0 Å². The van der Waals surface area contributed by atoms with E-state index >= 15 is 0 Å². The summed E-state index contributed by atoms with van der Waals surface area (Å²) in [5.74, 6) is -1.23. The number of allylic oxidation sites excluding steroid dienone is 3. The smallest absolute Gasteiger partial charge is 0.507 e. The van der Waals surface area contributed by atoms with Gasteiger partial charge in [-0.2, -0.15) is 0 Å². The Hall–Kier alpha value is -1.16. The van der Waals surface area contributed by atoms with Crippen LogP contribution in [0.5, 0.6) is 0 Å². The molecule has 1 aromatic carbocycles. The van der Waals surface area contributed by atoms with Crippen LogP contribution >= 0.6 is 0 Å². The third-order valence-electron chi connectivity index (χ3n) is 2.91. The van der Waals surface area contributed by atoms with Gasteiger partial charge in [0.05, 0.1) is 0 Å². The van der Waals surface area contributed by atoms with Gasteiger partial charge >= 0.3 is 29.6 Å². The third kappa shape index (κ3) is 3.06. The molecule has 0 atom stereocenters. The molecule has 0 saturated heterocycles. The van der Waals surface area contributed by atoms with Crippen molar-refractivity contribution in [3.05, 3.63) is 52.6 Å². The Morgan fingerprint density at radius 3 is 2.26 bits per heavy atom. The molecule has 0 aromatic heterocycles. The van der Waals surface area contributed by atoms with Gasteiger partial charge in [0, 0.05) is 16.7 Å². The summed E-state index contributed by atoms with van der Waals surface area (Å²) >= 11 is 0. The second-order valence-corrected chi connectivity index (χ2v) is 4.52. The van der Waals surface area contributed by atoms with Crippen molar-refractivity contribution in [3.63, 3.8) is 0 Å². The fourth-order valence-electron chi connectivity index (χ4n) is 1.91. The Morgan fingerprint density at radius 2 is 1.68 bits per heavy atom. The minimum absolute atomic E-state index is 0. The summed E-state index contributed by atoms with van der Waals surface area (Å²) in [4.78, 5) is 23.8. The number of ketones is 2. The molecule has 0 saturated carbocycles. The van der Waals surface area contributed by atoms with Crippen LogP contribution in [0.2, 0.25) is 0 Å². The van der Waals surface area contributed by atoms with E-state index in [1.165, 1.54) is 0 Å². The Morgan fingerprint density at radius 1 is 1.11 bits per heavy atom. The standard InChI is InChI=1S/C15H14O3.Na/c1-9(2)7-8-12-13(16)10-5-3-4-6-11(10)14(17)15(12)18;/h3-7,16H,8H2,1-2H3;/q;+1. The van der Waals surface area contributed by atoms with E-state index in [9.17, 15) is 14.7 Å². The van der Waals surface area contributed by atoms with Gasteiger partial charge in [-0.1, -0.05) is 35.9 Å². The molecule has 19 heavy (non-hydrogen) atoms. The first kappa shape index (κ1) is 15.9. The molecule has 4 heteroatoms. The predicted octanol–water partition coefficient (Wildman–Crippen LogP) is 0.0814. The summed E-state index contributed by atoms with van der Waals surface area (Å²) in [5, 5.41) is 10.1. The molecule has 0 aliphatic heterocycles. The number of Topliss-reactive ketones (excluding diaryl/α,β-unsaturated/α-hetero) is 2. The molecular formula is C15H14NaO3+. The fraction of sp³-hybridized carbons (Fsp3) is 0.200. The van der Waals surface area contributed by atoms with Crippen molar-refractivity contribution < 1.29 is 44.3 Å². The maximum atomic E-state index is 11.9. The zero-order chi connectivity index (χ0) is 13.3. The van der Waals surface area contributed by atoms with E-state index in [-0.39, 0.29) is 52.9 Å². The van der Waals surface area contributed by atoms with Gasteiger partial charge < -0.3 is 5.11 Å². The minimum atomic E-state index is -0.608. The number of carbonyl (C=O) groups excluding carboxylic acids is 2. The molecule has 1 N–H and O–H groups in total. The topological polar surface area (TPSA) is 54.4 Å². The number of fused-ring (bicyclic) bond motifs is 1. The van der Waals surface area contributed by atoms with Crippen molar-refractivity contribution in [1.29, 1.82) is 0 Å². The van der Waals surface area contributed by atoms with E-state index in [2.05, 4.69) is 0 Å². The maximum Gasteiger partial charge on any atom is 1.00 e. The molecule has 3 nitrogen and oxygen atoms in total.